The molecule has 2 aliphatic rings. The Kier molecular flexibility index (Phi) is 8.22. The molecule has 0 spiro atoms. The molecule has 0 amide bonds. The smallest absolute Gasteiger partial charge is 0.0991 e. The van der Waals surface area contributed by atoms with Crippen molar-refractivity contribution in [2.75, 3.05) is 36.0 Å². The highest BCUT2D eigenvalue weighted by atomic mass is 15.1. The largest absolute Gasteiger partial charge is 0.371 e. The molecule has 190 valence electrons. The summed E-state index contributed by atoms with van der Waals surface area (Å²) in [6.45, 7) is 4.33. The lowest BCUT2D eigenvalue weighted by atomic mass is 9.99. The second-order valence-electron chi connectivity index (χ2n) is 10.2. The minimum absolute atomic E-state index is 0.682. The van der Waals surface area contributed by atoms with Gasteiger partial charge in [-0.3, -0.25) is 0 Å². The normalized spacial score (nSPS) is 16.1. The van der Waals surface area contributed by atoms with E-state index in [-0.39, 0.29) is 0 Å². The third-order valence-electron chi connectivity index (χ3n) is 7.56. The van der Waals surface area contributed by atoms with Crippen LogP contribution < -0.4 is 9.80 Å². The van der Waals surface area contributed by atoms with Crippen LogP contribution in [-0.4, -0.2) is 26.2 Å². The van der Waals surface area contributed by atoms with Crippen molar-refractivity contribution in [3.63, 3.8) is 0 Å². The van der Waals surface area contributed by atoms with Gasteiger partial charge >= 0.3 is 0 Å². The van der Waals surface area contributed by atoms with Crippen molar-refractivity contribution in [3.8, 4) is 12.1 Å². The van der Waals surface area contributed by atoms with Crippen LogP contribution >= 0.6 is 0 Å². The maximum atomic E-state index is 9.14. The topological polar surface area (TPSA) is 54.1 Å². The van der Waals surface area contributed by atoms with Crippen molar-refractivity contribution >= 4 is 35.7 Å². The fraction of sp³-hybridized carbons (Fsp3) is 0.294. The number of piperidine rings is 2. The van der Waals surface area contributed by atoms with Gasteiger partial charge in [-0.25, -0.2) is 0 Å². The van der Waals surface area contributed by atoms with E-state index in [1.54, 1.807) is 0 Å². The van der Waals surface area contributed by atoms with Gasteiger partial charge in [0.15, 0.2) is 0 Å². The van der Waals surface area contributed by atoms with Crippen molar-refractivity contribution in [1.82, 2.24) is 0 Å². The van der Waals surface area contributed by atoms with Crippen molar-refractivity contribution in [2.45, 2.75) is 38.5 Å². The minimum Gasteiger partial charge on any atom is -0.371 e. The number of nitrogens with zero attached hydrogens (tertiary/aromatic N) is 4. The Hall–Kier alpha value is -4.28. The molecule has 38 heavy (non-hydrogen) atoms. The summed E-state index contributed by atoms with van der Waals surface area (Å²) in [6.07, 6.45) is 16.3. The standard InChI is InChI=1S/C34H34N4/c35-25-29-11-7-27(8-12-29)15-17-31-24-34(38-21-5-2-6-22-38)32(23-33(31)37-19-3-1-4-20-37)18-16-28-9-13-30(26-36)14-10-28/h7-18,23-24H,1-6,19-22H2/b17-15+,18-16+. The van der Waals surface area contributed by atoms with Crippen molar-refractivity contribution in [2.24, 2.45) is 0 Å². The molecule has 2 fully saturated rings. The summed E-state index contributed by atoms with van der Waals surface area (Å²) in [5, 5.41) is 18.3. The number of benzene rings is 3. The average molecular weight is 499 g/mol. The Balaban J connectivity index is 1.56. The summed E-state index contributed by atoms with van der Waals surface area (Å²) in [4.78, 5) is 5.09. The number of hydrogen-bond acceptors (Lipinski definition) is 4. The van der Waals surface area contributed by atoms with Crippen LogP contribution in [0, 0.1) is 22.7 Å². The molecule has 0 unspecified atom stereocenters. The highest BCUT2D eigenvalue weighted by Gasteiger charge is 2.19. The molecule has 3 aromatic carbocycles. The Labute approximate surface area is 226 Å². The Morgan fingerprint density at radius 1 is 0.500 bits per heavy atom. The van der Waals surface area contributed by atoms with Crippen LogP contribution in [0.25, 0.3) is 24.3 Å². The lowest BCUT2D eigenvalue weighted by Crippen LogP contribution is -2.32. The molecule has 0 radical (unpaired) electrons. The monoisotopic (exact) mass is 498 g/mol. The number of nitriles is 2. The fourth-order valence-electron chi connectivity index (χ4n) is 5.40. The molecule has 0 bridgehead atoms. The van der Waals surface area contributed by atoms with Gasteiger partial charge in [0.1, 0.15) is 0 Å². The first-order chi connectivity index (χ1) is 18.7. The van der Waals surface area contributed by atoms with Crippen LogP contribution in [0.2, 0.25) is 0 Å². The molecule has 0 aliphatic carbocycles. The van der Waals surface area contributed by atoms with Gasteiger partial charge in [0.2, 0.25) is 0 Å². The van der Waals surface area contributed by atoms with Gasteiger partial charge in [0.05, 0.1) is 23.3 Å². The van der Waals surface area contributed by atoms with E-state index in [0.717, 1.165) is 37.3 Å². The highest BCUT2D eigenvalue weighted by molar-refractivity contribution is 5.86. The molecular weight excluding hydrogens is 464 g/mol. The molecule has 4 nitrogen and oxygen atoms in total. The Morgan fingerprint density at radius 2 is 0.868 bits per heavy atom. The summed E-state index contributed by atoms with van der Waals surface area (Å²) in [5.41, 5.74) is 8.61. The fourth-order valence-corrected chi connectivity index (χ4v) is 5.40. The van der Waals surface area contributed by atoms with Gasteiger partial charge in [-0.15, -0.1) is 0 Å². The average Bonchev–Trinajstić information content (AvgIpc) is 3.00. The van der Waals surface area contributed by atoms with Crippen molar-refractivity contribution in [1.29, 1.82) is 10.5 Å². The quantitative estimate of drug-likeness (QED) is 0.326. The maximum absolute atomic E-state index is 9.14. The summed E-state index contributed by atoms with van der Waals surface area (Å²) in [6, 6.07) is 24.7. The van der Waals surface area contributed by atoms with Crippen LogP contribution in [0.3, 0.4) is 0 Å². The van der Waals surface area contributed by atoms with Gasteiger partial charge in [0.25, 0.3) is 0 Å². The molecule has 4 heteroatoms. The second-order valence-corrected chi connectivity index (χ2v) is 10.2. The van der Waals surface area contributed by atoms with Crippen LogP contribution in [0.15, 0.2) is 60.7 Å². The molecule has 0 aromatic heterocycles. The predicted molar refractivity (Wildman–Crippen MR) is 159 cm³/mol. The number of anilines is 2. The molecule has 2 heterocycles. The molecule has 0 N–H and O–H groups in total. The summed E-state index contributed by atoms with van der Waals surface area (Å²) >= 11 is 0. The molecule has 3 aromatic rings. The van der Waals surface area contributed by atoms with Crippen molar-refractivity contribution < 1.29 is 0 Å². The SMILES string of the molecule is N#Cc1ccc(/C=C/c2cc(N3CCCCC3)c(/C=C/c3ccc(C#N)cc3)cc2N2CCCCC2)cc1. The zero-order valence-electron chi connectivity index (χ0n) is 21.9. The van der Waals surface area contributed by atoms with Crippen LogP contribution in [0.4, 0.5) is 11.4 Å². The first kappa shape index (κ1) is 25.4. The van der Waals surface area contributed by atoms with Gasteiger partial charge < -0.3 is 9.80 Å². The molecule has 0 atom stereocenters. The zero-order valence-corrected chi connectivity index (χ0v) is 21.9. The molecular formula is C34H34N4. The Bertz CT molecular complexity index is 1260. The van der Waals surface area contributed by atoms with Crippen LogP contribution in [0.1, 0.15) is 71.9 Å². The van der Waals surface area contributed by atoms with E-state index in [2.05, 4.69) is 58.4 Å². The molecule has 5 rings (SSSR count). The summed E-state index contributed by atoms with van der Waals surface area (Å²) in [7, 11) is 0. The van der Waals surface area contributed by atoms with Crippen LogP contribution in [-0.2, 0) is 0 Å². The minimum atomic E-state index is 0.682. The molecule has 2 aliphatic heterocycles. The maximum Gasteiger partial charge on any atom is 0.0991 e. The third kappa shape index (κ3) is 6.16. The lowest BCUT2D eigenvalue weighted by molar-refractivity contribution is 0.575. The second kappa shape index (κ2) is 12.3. The van der Waals surface area contributed by atoms with Gasteiger partial charge in [-0.1, -0.05) is 48.6 Å². The van der Waals surface area contributed by atoms with E-state index in [1.807, 2.05) is 48.5 Å². The highest BCUT2D eigenvalue weighted by Crippen LogP contribution is 2.36. The van der Waals surface area contributed by atoms with Crippen molar-refractivity contribution in [3.05, 3.63) is 94.0 Å². The van der Waals surface area contributed by atoms with E-state index in [4.69, 9.17) is 10.5 Å². The van der Waals surface area contributed by atoms with E-state index in [9.17, 15) is 0 Å². The van der Waals surface area contributed by atoms with Gasteiger partial charge in [-0.2, -0.15) is 10.5 Å². The molecule has 0 saturated carbocycles. The summed E-state index contributed by atoms with van der Waals surface area (Å²) < 4.78 is 0. The first-order valence-corrected chi connectivity index (χ1v) is 13.8. The van der Waals surface area contributed by atoms with E-state index in [1.165, 1.54) is 61.0 Å². The van der Waals surface area contributed by atoms with E-state index >= 15 is 0 Å². The first-order valence-electron chi connectivity index (χ1n) is 13.8. The van der Waals surface area contributed by atoms with Gasteiger partial charge in [0, 0.05) is 37.6 Å². The van der Waals surface area contributed by atoms with E-state index in [0.29, 0.717) is 11.1 Å². The van der Waals surface area contributed by atoms with Crippen LogP contribution in [0.5, 0.6) is 0 Å². The zero-order chi connectivity index (χ0) is 26.2. The predicted octanol–water partition coefficient (Wildman–Crippen LogP) is 7.75. The lowest BCUT2D eigenvalue weighted by Gasteiger charge is -2.34. The number of hydrogen-bond donors (Lipinski definition) is 0. The molecule has 2 saturated heterocycles. The Morgan fingerprint density at radius 3 is 1.21 bits per heavy atom. The van der Waals surface area contributed by atoms with E-state index < -0.39 is 0 Å². The van der Waals surface area contributed by atoms with Gasteiger partial charge in [-0.05, 0) is 97.2 Å². The number of rotatable bonds is 6. The summed E-state index contributed by atoms with van der Waals surface area (Å²) in [5.74, 6) is 0. The third-order valence-corrected chi connectivity index (χ3v) is 7.56.